The Morgan fingerprint density at radius 3 is 2.58 bits per heavy atom. The number of rotatable bonds is 8. The summed E-state index contributed by atoms with van der Waals surface area (Å²) in [7, 11) is 0. The summed E-state index contributed by atoms with van der Waals surface area (Å²) in [5.74, 6) is 1.69. The van der Waals surface area contributed by atoms with Crippen molar-refractivity contribution in [1.29, 1.82) is 0 Å². The monoisotopic (exact) mass is 266 g/mol. The number of aromatic nitrogens is 2. The van der Waals surface area contributed by atoms with Crippen LogP contribution in [0.4, 0.5) is 5.95 Å². The predicted molar refractivity (Wildman–Crippen MR) is 78.3 cm³/mol. The first-order valence-electron chi connectivity index (χ1n) is 7.05. The van der Waals surface area contributed by atoms with Gasteiger partial charge < -0.3 is 15.8 Å². The van der Waals surface area contributed by atoms with E-state index in [0.29, 0.717) is 24.3 Å². The third-order valence-corrected chi connectivity index (χ3v) is 3.14. The summed E-state index contributed by atoms with van der Waals surface area (Å²) in [5, 5.41) is 3.18. The van der Waals surface area contributed by atoms with Gasteiger partial charge in [0.25, 0.3) is 0 Å². The lowest BCUT2D eigenvalue weighted by Crippen LogP contribution is -2.36. The molecule has 0 bridgehead atoms. The molecule has 5 nitrogen and oxygen atoms in total. The van der Waals surface area contributed by atoms with Crippen LogP contribution in [0.25, 0.3) is 0 Å². The standard InChI is InChI=1S/C14H26N4O/c1-5-11(6-2)12(15)9-17-14-16-8-7-13(18-14)19-10(3)4/h7-8,10-12H,5-6,9,15H2,1-4H3,(H,16,17,18). The molecule has 0 spiro atoms. The van der Waals surface area contributed by atoms with Crippen molar-refractivity contribution in [3.8, 4) is 5.88 Å². The molecular weight excluding hydrogens is 240 g/mol. The highest BCUT2D eigenvalue weighted by Crippen LogP contribution is 2.13. The summed E-state index contributed by atoms with van der Waals surface area (Å²) in [5.41, 5.74) is 6.16. The quantitative estimate of drug-likeness (QED) is 0.756. The minimum Gasteiger partial charge on any atom is -0.475 e. The van der Waals surface area contributed by atoms with E-state index in [1.54, 1.807) is 12.3 Å². The number of hydrogen-bond donors (Lipinski definition) is 2. The van der Waals surface area contributed by atoms with Gasteiger partial charge in [0.2, 0.25) is 11.8 Å². The highest BCUT2D eigenvalue weighted by molar-refractivity contribution is 5.27. The first kappa shape index (κ1) is 15.7. The van der Waals surface area contributed by atoms with E-state index in [-0.39, 0.29) is 12.1 Å². The number of nitrogens with zero attached hydrogens (tertiary/aromatic N) is 2. The third kappa shape index (κ3) is 5.42. The maximum absolute atomic E-state index is 6.16. The van der Waals surface area contributed by atoms with Crippen molar-refractivity contribution in [2.75, 3.05) is 11.9 Å². The van der Waals surface area contributed by atoms with Crippen LogP contribution >= 0.6 is 0 Å². The van der Waals surface area contributed by atoms with E-state index in [9.17, 15) is 0 Å². The number of nitrogens with one attached hydrogen (secondary N) is 1. The van der Waals surface area contributed by atoms with Crippen LogP contribution in [0, 0.1) is 5.92 Å². The molecule has 0 saturated carbocycles. The number of nitrogens with two attached hydrogens (primary N) is 1. The maximum Gasteiger partial charge on any atom is 0.225 e. The second-order valence-electron chi connectivity index (χ2n) is 5.01. The summed E-state index contributed by atoms with van der Waals surface area (Å²) >= 11 is 0. The summed E-state index contributed by atoms with van der Waals surface area (Å²) in [4.78, 5) is 8.47. The molecule has 0 aliphatic heterocycles. The molecule has 3 N–H and O–H groups in total. The number of hydrogen-bond acceptors (Lipinski definition) is 5. The lowest BCUT2D eigenvalue weighted by atomic mass is 9.95. The van der Waals surface area contributed by atoms with Gasteiger partial charge in [-0.25, -0.2) is 4.98 Å². The minimum absolute atomic E-state index is 0.106. The molecule has 5 heteroatoms. The van der Waals surface area contributed by atoms with Gasteiger partial charge in [-0.1, -0.05) is 26.7 Å². The van der Waals surface area contributed by atoms with Gasteiger partial charge in [-0.05, 0) is 19.8 Å². The van der Waals surface area contributed by atoms with E-state index < -0.39 is 0 Å². The first-order chi connectivity index (χ1) is 9.06. The molecule has 0 aromatic carbocycles. The fourth-order valence-corrected chi connectivity index (χ4v) is 2.00. The molecule has 19 heavy (non-hydrogen) atoms. The van der Waals surface area contributed by atoms with Gasteiger partial charge in [-0.3, -0.25) is 0 Å². The molecule has 0 saturated heterocycles. The topological polar surface area (TPSA) is 73.1 Å². The Balaban J connectivity index is 2.53. The van der Waals surface area contributed by atoms with Crippen molar-refractivity contribution in [3.05, 3.63) is 12.3 Å². The van der Waals surface area contributed by atoms with Crippen LogP contribution in [0.5, 0.6) is 5.88 Å². The Labute approximate surface area is 116 Å². The highest BCUT2D eigenvalue weighted by atomic mass is 16.5. The number of ether oxygens (including phenoxy) is 1. The summed E-state index contributed by atoms with van der Waals surface area (Å²) in [6.45, 7) is 8.96. The maximum atomic E-state index is 6.16. The Morgan fingerprint density at radius 2 is 2.00 bits per heavy atom. The second kappa shape index (κ2) is 7.94. The molecule has 0 fully saturated rings. The molecule has 1 rings (SSSR count). The van der Waals surface area contributed by atoms with Crippen LogP contribution in [0.3, 0.4) is 0 Å². The Bertz CT molecular complexity index is 366. The SMILES string of the molecule is CCC(CC)C(N)CNc1nccc(OC(C)C)n1. The van der Waals surface area contributed by atoms with Crippen LogP contribution < -0.4 is 15.8 Å². The molecule has 0 radical (unpaired) electrons. The summed E-state index contributed by atoms with van der Waals surface area (Å²) in [6, 6.07) is 1.87. The van der Waals surface area contributed by atoms with Gasteiger partial charge in [-0.15, -0.1) is 0 Å². The van der Waals surface area contributed by atoms with Crippen molar-refractivity contribution in [2.45, 2.75) is 52.7 Å². The lowest BCUT2D eigenvalue weighted by molar-refractivity contribution is 0.232. The molecule has 108 valence electrons. The molecule has 1 heterocycles. The zero-order valence-corrected chi connectivity index (χ0v) is 12.4. The van der Waals surface area contributed by atoms with Gasteiger partial charge in [0, 0.05) is 24.8 Å². The molecule has 1 aromatic rings. The van der Waals surface area contributed by atoms with Crippen LogP contribution in [0.1, 0.15) is 40.5 Å². The van der Waals surface area contributed by atoms with Crippen LogP contribution in [-0.4, -0.2) is 28.7 Å². The van der Waals surface area contributed by atoms with Crippen molar-refractivity contribution < 1.29 is 4.74 Å². The largest absolute Gasteiger partial charge is 0.475 e. The van der Waals surface area contributed by atoms with Gasteiger partial charge in [-0.2, -0.15) is 4.98 Å². The van der Waals surface area contributed by atoms with Crippen molar-refractivity contribution in [2.24, 2.45) is 11.7 Å². The van der Waals surface area contributed by atoms with Gasteiger partial charge in [0.15, 0.2) is 0 Å². The van der Waals surface area contributed by atoms with Crippen molar-refractivity contribution >= 4 is 5.95 Å². The molecule has 1 aromatic heterocycles. The Morgan fingerprint density at radius 1 is 1.32 bits per heavy atom. The van der Waals surface area contributed by atoms with Gasteiger partial charge in [0.05, 0.1) is 6.10 Å². The molecule has 0 amide bonds. The Kier molecular flexibility index (Phi) is 6.56. The smallest absolute Gasteiger partial charge is 0.225 e. The zero-order valence-electron chi connectivity index (χ0n) is 12.4. The molecule has 0 aliphatic carbocycles. The molecular formula is C14H26N4O. The second-order valence-corrected chi connectivity index (χ2v) is 5.01. The molecule has 1 atom stereocenters. The molecule has 0 aliphatic rings. The van der Waals surface area contributed by atoms with Crippen molar-refractivity contribution in [3.63, 3.8) is 0 Å². The normalized spacial score (nSPS) is 12.8. The van der Waals surface area contributed by atoms with E-state index in [2.05, 4.69) is 29.1 Å². The Hall–Kier alpha value is -1.36. The van der Waals surface area contributed by atoms with Crippen LogP contribution in [0.15, 0.2) is 12.3 Å². The summed E-state index contributed by atoms with van der Waals surface area (Å²) < 4.78 is 5.53. The van der Waals surface area contributed by atoms with E-state index in [1.165, 1.54) is 0 Å². The van der Waals surface area contributed by atoms with E-state index in [4.69, 9.17) is 10.5 Å². The predicted octanol–water partition coefficient (Wildman–Crippen LogP) is 2.44. The first-order valence-corrected chi connectivity index (χ1v) is 7.05. The average molecular weight is 266 g/mol. The highest BCUT2D eigenvalue weighted by Gasteiger charge is 2.14. The van der Waals surface area contributed by atoms with Gasteiger partial charge in [0.1, 0.15) is 0 Å². The van der Waals surface area contributed by atoms with E-state index in [0.717, 1.165) is 12.8 Å². The lowest BCUT2D eigenvalue weighted by Gasteiger charge is -2.21. The minimum atomic E-state index is 0.106. The fourth-order valence-electron chi connectivity index (χ4n) is 2.00. The zero-order chi connectivity index (χ0) is 14.3. The van der Waals surface area contributed by atoms with Gasteiger partial charge >= 0.3 is 0 Å². The average Bonchev–Trinajstić information content (AvgIpc) is 2.37. The van der Waals surface area contributed by atoms with Crippen LogP contribution in [0.2, 0.25) is 0 Å². The summed E-state index contributed by atoms with van der Waals surface area (Å²) in [6.07, 6.45) is 3.98. The van der Waals surface area contributed by atoms with Crippen LogP contribution in [-0.2, 0) is 0 Å². The number of anilines is 1. The third-order valence-electron chi connectivity index (χ3n) is 3.14. The van der Waals surface area contributed by atoms with Crippen molar-refractivity contribution in [1.82, 2.24) is 9.97 Å². The van der Waals surface area contributed by atoms with E-state index in [1.807, 2.05) is 13.8 Å². The fraction of sp³-hybridized carbons (Fsp3) is 0.714. The molecule has 1 unspecified atom stereocenters. The van der Waals surface area contributed by atoms with E-state index >= 15 is 0 Å².